The summed E-state index contributed by atoms with van der Waals surface area (Å²) in [5.74, 6) is 0. The summed E-state index contributed by atoms with van der Waals surface area (Å²) in [6.45, 7) is 2.62. The number of hydrogen-bond acceptors (Lipinski definition) is 2. The van der Waals surface area contributed by atoms with Gasteiger partial charge in [-0.2, -0.15) is 0 Å². The van der Waals surface area contributed by atoms with Gasteiger partial charge in [0.2, 0.25) is 0 Å². The normalized spacial score (nSPS) is 9.90. The molecule has 1 aromatic carbocycles. The molecule has 0 fully saturated rings. The Bertz CT molecular complexity index is 233. The molecule has 0 radical (unpaired) electrons. The van der Waals surface area contributed by atoms with Crippen molar-refractivity contribution in [1.82, 2.24) is 0 Å². The van der Waals surface area contributed by atoms with Gasteiger partial charge in [-0.25, -0.2) is 0 Å². The lowest BCUT2D eigenvalue weighted by Crippen LogP contribution is -1.97. The molecule has 0 aliphatic heterocycles. The highest BCUT2D eigenvalue weighted by atomic mass is 32.1. The smallest absolute Gasteiger partial charge is 0.0189 e. The summed E-state index contributed by atoms with van der Waals surface area (Å²) in [4.78, 5) is 0.980. The summed E-state index contributed by atoms with van der Waals surface area (Å²) in [7, 11) is 0. The average molecular weight is 153 g/mol. The highest BCUT2D eigenvalue weighted by Crippen LogP contribution is 2.14. The number of nitrogens with two attached hydrogens (primary N) is 1. The Hall–Kier alpha value is -0.470. The molecule has 1 aromatic rings. The first-order valence-corrected chi connectivity index (χ1v) is 3.67. The van der Waals surface area contributed by atoms with Gasteiger partial charge in [-0.3, -0.25) is 0 Å². The molecule has 0 saturated carbocycles. The van der Waals surface area contributed by atoms with Gasteiger partial charge in [0, 0.05) is 11.4 Å². The van der Waals surface area contributed by atoms with Gasteiger partial charge in [0.15, 0.2) is 0 Å². The van der Waals surface area contributed by atoms with Crippen molar-refractivity contribution >= 4 is 12.6 Å². The van der Waals surface area contributed by atoms with Crippen LogP contribution in [0.3, 0.4) is 0 Å². The maximum Gasteiger partial charge on any atom is 0.0189 e. The van der Waals surface area contributed by atoms with Crippen LogP contribution in [-0.4, -0.2) is 0 Å². The number of benzene rings is 1. The summed E-state index contributed by atoms with van der Waals surface area (Å²) in [6.07, 6.45) is 0. The predicted octanol–water partition coefficient (Wildman–Crippen LogP) is 1.74. The first-order valence-electron chi connectivity index (χ1n) is 3.22. The Balaban J connectivity index is 3.09. The van der Waals surface area contributed by atoms with Crippen molar-refractivity contribution in [2.24, 2.45) is 5.73 Å². The second-order valence-electron chi connectivity index (χ2n) is 2.34. The molecule has 1 rings (SSSR count). The van der Waals surface area contributed by atoms with E-state index in [0.29, 0.717) is 6.54 Å². The second kappa shape index (κ2) is 3.08. The molecule has 2 N–H and O–H groups in total. The van der Waals surface area contributed by atoms with E-state index in [9.17, 15) is 0 Å². The van der Waals surface area contributed by atoms with E-state index in [0.717, 1.165) is 10.5 Å². The van der Waals surface area contributed by atoms with Gasteiger partial charge in [0.25, 0.3) is 0 Å². The fraction of sp³-hybridized carbons (Fsp3) is 0.250. The lowest BCUT2D eigenvalue weighted by molar-refractivity contribution is 1.02. The molecular weight excluding hydrogens is 142 g/mol. The van der Waals surface area contributed by atoms with Crippen molar-refractivity contribution in [1.29, 1.82) is 0 Å². The highest BCUT2D eigenvalue weighted by Gasteiger charge is 1.94. The van der Waals surface area contributed by atoms with Gasteiger partial charge in [-0.15, -0.1) is 12.6 Å². The van der Waals surface area contributed by atoms with Crippen molar-refractivity contribution in [3.05, 3.63) is 29.3 Å². The largest absolute Gasteiger partial charge is 0.326 e. The first kappa shape index (κ1) is 7.63. The molecule has 0 atom stereocenters. The topological polar surface area (TPSA) is 26.0 Å². The fourth-order valence-electron chi connectivity index (χ4n) is 0.878. The Labute approximate surface area is 66.7 Å². The summed E-state index contributed by atoms with van der Waals surface area (Å²) in [5.41, 5.74) is 7.82. The third-order valence-corrected chi connectivity index (χ3v) is 1.89. The fourth-order valence-corrected chi connectivity index (χ4v) is 1.11. The van der Waals surface area contributed by atoms with E-state index in [1.54, 1.807) is 0 Å². The van der Waals surface area contributed by atoms with E-state index < -0.39 is 0 Å². The molecule has 1 nitrogen and oxygen atoms in total. The van der Waals surface area contributed by atoms with Crippen LogP contribution in [0.25, 0.3) is 0 Å². The molecule has 54 valence electrons. The molecule has 10 heavy (non-hydrogen) atoms. The average Bonchev–Trinajstić information content (AvgIpc) is 1.94. The van der Waals surface area contributed by atoms with Gasteiger partial charge in [0.1, 0.15) is 0 Å². The Morgan fingerprint density at radius 1 is 1.50 bits per heavy atom. The van der Waals surface area contributed by atoms with Crippen molar-refractivity contribution in [3.8, 4) is 0 Å². The van der Waals surface area contributed by atoms with Crippen LogP contribution in [0, 0.1) is 6.92 Å². The van der Waals surface area contributed by atoms with E-state index in [1.165, 1.54) is 5.56 Å². The number of rotatable bonds is 1. The summed E-state index contributed by atoms with van der Waals surface area (Å²) >= 11 is 4.25. The summed E-state index contributed by atoms with van der Waals surface area (Å²) < 4.78 is 0. The maximum absolute atomic E-state index is 5.47. The van der Waals surface area contributed by atoms with E-state index in [-0.39, 0.29) is 0 Å². The zero-order chi connectivity index (χ0) is 7.56. The van der Waals surface area contributed by atoms with E-state index in [2.05, 4.69) is 18.7 Å². The van der Waals surface area contributed by atoms with Crippen LogP contribution in [0.5, 0.6) is 0 Å². The van der Waals surface area contributed by atoms with Crippen LogP contribution >= 0.6 is 12.6 Å². The van der Waals surface area contributed by atoms with Crippen molar-refractivity contribution in [2.45, 2.75) is 18.4 Å². The molecule has 0 amide bonds. The Kier molecular flexibility index (Phi) is 2.35. The van der Waals surface area contributed by atoms with Crippen LogP contribution < -0.4 is 5.73 Å². The molecular formula is C8H11NS. The van der Waals surface area contributed by atoms with Crippen molar-refractivity contribution < 1.29 is 0 Å². The van der Waals surface area contributed by atoms with Gasteiger partial charge in [0.05, 0.1) is 0 Å². The molecule has 0 bridgehead atoms. The standard InChI is InChI=1S/C8H11NS/c1-6-2-3-8(10)7(4-6)5-9/h2-4,10H,5,9H2,1H3. The minimum Gasteiger partial charge on any atom is -0.326 e. The summed E-state index contributed by atoms with van der Waals surface area (Å²) in [5, 5.41) is 0. The van der Waals surface area contributed by atoms with Crippen LogP contribution in [0.2, 0.25) is 0 Å². The minimum atomic E-state index is 0.570. The molecule has 0 saturated heterocycles. The van der Waals surface area contributed by atoms with Gasteiger partial charge in [-0.1, -0.05) is 17.7 Å². The van der Waals surface area contributed by atoms with Crippen molar-refractivity contribution in [3.63, 3.8) is 0 Å². The molecule has 0 aliphatic carbocycles. The second-order valence-corrected chi connectivity index (χ2v) is 2.82. The maximum atomic E-state index is 5.47. The predicted molar refractivity (Wildman–Crippen MR) is 46.3 cm³/mol. The van der Waals surface area contributed by atoms with Crippen LogP contribution in [0.4, 0.5) is 0 Å². The molecule has 0 aromatic heterocycles. The van der Waals surface area contributed by atoms with Crippen molar-refractivity contribution in [2.75, 3.05) is 0 Å². The third kappa shape index (κ3) is 1.52. The zero-order valence-electron chi connectivity index (χ0n) is 5.96. The lowest BCUT2D eigenvalue weighted by atomic mass is 10.1. The minimum absolute atomic E-state index is 0.570. The molecule has 0 spiro atoms. The van der Waals surface area contributed by atoms with Gasteiger partial charge < -0.3 is 5.73 Å². The SMILES string of the molecule is Cc1ccc(S)c(CN)c1. The van der Waals surface area contributed by atoms with E-state index >= 15 is 0 Å². The van der Waals surface area contributed by atoms with Gasteiger partial charge in [-0.05, 0) is 18.6 Å². The quantitative estimate of drug-likeness (QED) is 0.590. The lowest BCUT2D eigenvalue weighted by Gasteiger charge is -2.01. The Morgan fingerprint density at radius 3 is 2.70 bits per heavy atom. The monoisotopic (exact) mass is 153 g/mol. The highest BCUT2D eigenvalue weighted by molar-refractivity contribution is 7.80. The number of thiol groups is 1. The number of hydrogen-bond donors (Lipinski definition) is 2. The third-order valence-electron chi connectivity index (χ3n) is 1.45. The van der Waals surface area contributed by atoms with E-state index in [4.69, 9.17) is 5.73 Å². The molecule has 0 heterocycles. The van der Waals surface area contributed by atoms with Gasteiger partial charge >= 0.3 is 0 Å². The summed E-state index contributed by atoms with van der Waals surface area (Å²) in [6, 6.07) is 6.06. The molecule has 0 unspecified atom stereocenters. The Morgan fingerprint density at radius 2 is 2.20 bits per heavy atom. The van der Waals surface area contributed by atoms with Crippen LogP contribution in [0.1, 0.15) is 11.1 Å². The van der Waals surface area contributed by atoms with E-state index in [1.807, 2.05) is 19.1 Å². The van der Waals surface area contributed by atoms with Crippen LogP contribution in [0.15, 0.2) is 23.1 Å². The zero-order valence-corrected chi connectivity index (χ0v) is 6.86. The molecule has 2 heteroatoms. The first-order chi connectivity index (χ1) is 4.74. The number of aryl methyl sites for hydroxylation is 1. The van der Waals surface area contributed by atoms with Crippen LogP contribution in [-0.2, 0) is 6.54 Å². The molecule has 0 aliphatic rings.